The number of carbonyl (C=O) groups is 2. The molecule has 2 N–H and O–H groups in total. The summed E-state index contributed by atoms with van der Waals surface area (Å²) in [5, 5.41) is 23.3. The molecule has 476 valence electrons. The van der Waals surface area contributed by atoms with Crippen LogP contribution in [-0.4, -0.2) is 60.9 Å². The first-order chi connectivity index (χ1) is 43.2. The Hall–Kier alpha value is -8.76. The van der Waals surface area contributed by atoms with Crippen LogP contribution in [0.4, 0.5) is 0 Å². The fraction of sp³-hybridized carbons (Fsp3) is 0.366. The maximum atomic E-state index is 12.6. The second-order valence-corrected chi connectivity index (χ2v) is 30.7. The van der Waals surface area contributed by atoms with Crippen molar-refractivity contribution in [3.63, 3.8) is 0 Å². The van der Waals surface area contributed by atoms with Crippen LogP contribution >= 0.6 is 0 Å². The van der Waals surface area contributed by atoms with E-state index < -0.39 is 22.8 Å². The van der Waals surface area contributed by atoms with Crippen molar-refractivity contribution in [1.29, 1.82) is 0 Å². The van der Waals surface area contributed by atoms with Crippen LogP contribution in [-0.2, 0) is 42.0 Å². The molecule has 1 aliphatic carbocycles. The van der Waals surface area contributed by atoms with Gasteiger partial charge in [0.25, 0.3) is 0 Å². The quantitative estimate of drug-likeness (QED) is 0.102. The summed E-state index contributed by atoms with van der Waals surface area (Å²) in [6.45, 7) is 35.9. The Balaban J connectivity index is 0.938. The van der Waals surface area contributed by atoms with Crippen molar-refractivity contribution in [1.82, 2.24) is 0 Å². The number of methoxy groups -OCH3 is 2. The SMILES string of the molecule is COC(=O)c1ccc(-c2cc(C(C)(C)C)cc3c2Oc2c(-c4ccc(O)c(C=N[C@H]5CCCC[C@@H]5N=Cc5cc(-c6cc(C(C)(C)C)cc7c6Oc6c(-c8ccc(C(=O)OC)cc8)cc(C(C)(C)C)cc6C7(C)C)ccc5O)c4)cc(C(C)(C)C)cc2C3(C)C)cc1. The third-order valence-corrected chi connectivity index (χ3v) is 19.3. The van der Waals surface area contributed by atoms with Crippen LogP contribution in [0.15, 0.2) is 143 Å². The molecule has 0 aromatic heterocycles. The average Bonchev–Trinajstić information content (AvgIpc) is 0.724. The molecule has 0 amide bonds. The Bertz CT molecular complexity index is 4010. The lowest BCUT2D eigenvalue weighted by molar-refractivity contribution is 0.0592. The Morgan fingerprint density at radius 1 is 0.424 bits per heavy atom. The number of aliphatic imine (C=N–C) groups is 2. The van der Waals surface area contributed by atoms with Gasteiger partial charge in [-0.05, 0) is 152 Å². The lowest BCUT2D eigenvalue weighted by Gasteiger charge is -2.39. The maximum absolute atomic E-state index is 12.6. The van der Waals surface area contributed by atoms with Gasteiger partial charge in [-0.2, -0.15) is 0 Å². The van der Waals surface area contributed by atoms with Crippen LogP contribution in [0, 0.1) is 0 Å². The fourth-order valence-corrected chi connectivity index (χ4v) is 13.1. The van der Waals surface area contributed by atoms with Crippen LogP contribution in [0.25, 0.3) is 44.5 Å². The summed E-state index contributed by atoms with van der Waals surface area (Å²) in [6, 6.07) is 44.2. The van der Waals surface area contributed by atoms with Gasteiger partial charge in [0.05, 0.1) is 37.4 Å². The molecule has 0 saturated heterocycles. The third-order valence-electron chi connectivity index (χ3n) is 19.3. The highest BCUT2D eigenvalue weighted by Gasteiger charge is 2.42. The van der Waals surface area contributed by atoms with Gasteiger partial charge < -0.3 is 29.2 Å². The summed E-state index contributed by atoms with van der Waals surface area (Å²) < 4.78 is 24.8. The summed E-state index contributed by atoms with van der Waals surface area (Å²) in [5.41, 5.74) is 16.6. The number of fused-ring (bicyclic) bond motifs is 4. The average molecular weight is 1230 g/mol. The number of ether oxygens (including phenoxy) is 4. The first kappa shape index (κ1) is 64.8. The maximum Gasteiger partial charge on any atom is 0.337 e. The van der Waals surface area contributed by atoms with E-state index in [0.29, 0.717) is 22.3 Å². The summed E-state index contributed by atoms with van der Waals surface area (Å²) >= 11 is 0. The molecule has 0 spiro atoms. The van der Waals surface area contributed by atoms with Crippen molar-refractivity contribution in [2.45, 2.75) is 181 Å². The first-order valence-corrected chi connectivity index (χ1v) is 32.4. The molecule has 2 heterocycles. The molecule has 8 aromatic rings. The van der Waals surface area contributed by atoms with E-state index in [1.54, 1.807) is 48.8 Å². The van der Waals surface area contributed by atoms with Gasteiger partial charge in [-0.1, -0.05) is 184 Å². The van der Waals surface area contributed by atoms with E-state index in [4.69, 9.17) is 28.9 Å². The van der Waals surface area contributed by atoms with Crippen molar-refractivity contribution in [2.75, 3.05) is 14.2 Å². The van der Waals surface area contributed by atoms with Crippen LogP contribution in [0.2, 0.25) is 0 Å². The molecule has 92 heavy (non-hydrogen) atoms. The molecule has 1 fully saturated rings. The monoisotopic (exact) mass is 1230 g/mol. The van der Waals surface area contributed by atoms with Gasteiger partial charge in [0.2, 0.25) is 0 Å². The molecule has 10 heteroatoms. The van der Waals surface area contributed by atoms with Crippen molar-refractivity contribution in [3.8, 4) is 79.0 Å². The van der Waals surface area contributed by atoms with Crippen LogP contribution in [0.3, 0.4) is 0 Å². The molecule has 0 bridgehead atoms. The minimum atomic E-state index is -0.502. The Morgan fingerprint density at radius 2 is 0.696 bits per heavy atom. The van der Waals surface area contributed by atoms with Crippen molar-refractivity contribution in [2.24, 2.45) is 9.98 Å². The van der Waals surface area contributed by atoms with Gasteiger partial charge in [0.15, 0.2) is 0 Å². The highest BCUT2D eigenvalue weighted by molar-refractivity contribution is 5.93. The summed E-state index contributed by atoms with van der Waals surface area (Å²) in [4.78, 5) is 35.6. The summed E-state index contributed by atoms with van der Waals surface area (Å²) in [5.74, 6) is 2.48. The normalized spacial score (nSPS) is 16.8. The Morgan fingerprint density at radius 3 is 0.967 bits per heavy atom. The van der Waals surface area contributed by atoms with Crippen LogP contribution in [0.1, 0.15) is 213 Å². The molecule has 8 aromatic carbocycles. The molecule has 2 aliphatic heterocycles. The molecule has 1 saturated carbocycles. The highest BCUT2D eigenvalue weighted by atomic mass is 16.5. The van der Waals surface area contributed by atoms with Crippen molar-refractivity contribution >= 4 is 24.4 Å². The predicted octanol–water partition coefficient (Wildman–Crippen LogP) is 20.2. The van der Waals surface area contributed by atoms with E-state index in [1.165, 1.54) is 25.3 Å². The molecule has 3 aliphatic rings. The number of phenolic OH excluding ortho intramolecular Hbond substituents is 2. The molecular formula is C82H90N2O8. The number of aromatic hydroxyl groups is 2. The highest BCUT2D eigenvalue weighted by Crippen LogP contribution is 2.58. The molecule has 0 unspecified atom stereocenters. The topological polar surface area (TPSA) is 136 Å². The van der Waals surface area contributed by atoms with Gasteiger partial charge in [-0.3, -0.25) is 9.98 Å². The minimum absolute atomic E-state index is 0.115. The second kappa shape index (κ2) is 23.7. The number of phenols is 2. The van der Waals surface area contributed by atoms with Gasteiger partial charge in [0, 0.05) is 78.9 Å². The number of benzene rings is 8. The lowest BCUT2D eigenvalue weighted by atomic mass is 9.70. The molecule has 10 nitrogen and oxygen atoms in total. The summed E-state index contributed by atoms with van der Waals surface area (Å²) in [6.07, 6.45) is 7.21. The van der Waals surface area contributed by atoms with Crippen molar-refractivity contribution in [3.05, 3.63) is 200 Å². The van der Waals surface area contributed by atoms with Crippen LogP contribution in [0.5, 0.6) is 34.5 Å². The summed E-state index contributed by atoms with van der Waals surface area (Å²) in [7, 11) is 2.78. The number of rotatable bonds is 10. The zero-order valence-electron chi connectivity index (χ0n) is 57.1. The van der Waals surface area contributed by atoms with Gasteiger partial charge in [-0.15, -0.1) is 0 Å². The number of hydrogen-bond acceptors (Lipinski definition) is 10. The molecular weight excluding hydrogens is 1140 g/mol. The third kappa shape index (κ3) is 12.3. The van der Waals surface area contributed by atoms with E-state index in [2.05, 4.69) is 159 Å². The van der Waals surface area contributed by atoms with Gasteiger partial charge in [-0.25, -0.2) is 9.59 Å². The van der Waals surface area contributed by atoms with E-state index >= 15 is 0 Å². The van der Waals surface area contributed by atoms with Gasteiger partial charge >= 0.3 is 11.9 Å². The zero-order valence-corrected chi connectivity index (χ0v) is 57.1. The second-order valence-electron chi connectivity index (χ2n) is 30.7. The number of nitrogens with zero attached hydrogens (tertiary/aromatic N) is 2. The standard InChI is InChI=1S/C82H90N2O8/c1-77(2,3)55-37-59(47-23-27-49(28-24-47)75(87)89-17)71-63(41-55)81(13,14)65-43-57(79(7,8)9)39-61(73(65)91-71)51-31-33-69(85)53(35-51)45-83-67-21-19-20-22-68(67)84-46-54-36-52(32-34-70(54)86)62-40-58(80(10,11)12)44-66-74(62)92-72-60(48-25-29-50(30-26-48)76(88)90-18)38-56(78(4,5)6)42-64(72)82(66,15)16/h23-46,67-68,85-86H,19-22H2,1-18H3/t67-,68-/m0/s1. The Labute approximate surface area is 544 Å². The number of hydrogen-bond donors (Lipinski definition) is 2. The van der Waals surface area contributed by atoms with E-state index in [9.17, 15) is 19.8 Å². The van der Waals surface area contributed by atoms with Gasteiger partial charge in [0.1, 0.15) is 34.5 Å². The number of carbonyl (C=O) groups excluding carboxylic acids is 2. The molecule has 2 atom stereocenters. The zero-order chi connectivity index (χ0) is 66.4. The fourth-order valence-electron chi connectivity index (χ4n) is 13.1. The number of esters is 2. The molecule has 0 radical (unpaired) electrons. The van der Waals surface area contributed by atoms with E-state index in [1.807, 2.05) is 48.5 Å². The Kier molecular flexibility index (Phi) is 16.7. The minimum Gasteiger partial charge on any atom is -0.507 e. The van der Waals surface area contributed by atoms with Crippen LogP contribution < -0.4 is 9.47 Å². The predicted molar refractivity (Wildman–Crippen MR) is 374 cm³/mol. The van der Waals surface area contributed by atoms with E-state index in [0.717, 1.165) is 127 Å². The smallest absolute Gasteiger partial charge is 0.337 e. The molecule has 11 rings (SSSR count). The van der Waals surface area contributed by atoms with Crippen molar-refractivity contribution < 1.29 is 38.7 Å². The van der Waals surface area contributed by atoms with E-state index in [-0.39, 0.29) is 45.2 Å². The first-order valence-electron chi connectivity index (χ1n) is 32.4. The lowest BCUT2D eigenvalue weighted by Crippen LogP contribution is -2.27. The largest absolute Gasteiger partial charge is 0.507 e.